The Labute approximate surface area is 181 Å². The lowest BCUT2D eigenvalue weighted by molar-refractivity contribution is 0.102. The summed E-state index contributed by atoms with van der Waals surface area (Å²) in [6.45, 7) is 7.90. The van der Waals surface area contributed by atoms with Crippen LogP contribution in [0.1, 0.15) is 60.7 Å². The van der Waals surface area contributed by atoms with Crippen molar-refractivity contribution in [3.05, 3.63) is 41.5 Å². The molecule has 0 saturated carbocycles. The third kappa shape index (κ3) is 4.36. The van der Waals surface area contributed by atoms with E-state index in [0.717, 1.165) is 43.0 Å². The predicted octanol–water partition coefficient (Wildman–Crippen LogP) is 3.09. The maximum atomic E-state index is 12.9. The molecule has 4 rings (SSSR count). The number of H-pyrrole nitrogens is 1. The molecule has 0 aliphatic carbocycles. The van der Waals surface area contributed by atoms with Crippen LogP contribution >= 0.6 is 12.4 Å². The molecule has 0 bridgehead atoms. The van der Waals surface area contributed by atoms with Crippen molar-refractivity contribution in [2.75, 3.05) is 18.4 Å². The molecule has 0 unspecified atom stereocenters. The Morgan fingerprint density at radius 1 is 1.23 bits per heavy atom. The maximum absolute atomic E-state index is 12.9. The number of hydrogen-bond acceptors (Lipinski definition) is 6. The van der Waals surface area contributed by atoms with Crippen LogP contribution in [0.4, 0.5) is 5.69 Å². The van der Waals surface area contributed by atoms with Gasteiger partial charge in [0, 0.05) is 11.5 Å². The molecule has 1 saturated heterocycles. The number of carbonyl (C=O) groups excluding carboxylic acids is 1. The average molecular weight is 431 g/mol. The zero-order valence-corrected chi connectivity index (χ0v) is 18.2. The molecule has 3 N–H and O–H groups in total. The van der Waals surface area contributed by atoms with Gasteiger partial charge in [-0.3, -0.25) is 9.89 Å². The zero-order chi connectivity index (χ0) is 20.4. The zero-order valence-electron chi connectivity index (χ0n) is 17.3. The van der Waals surface area contributed by atoms with Crippen molar-refractivity contribution < 1.29 is 4.79 Å². The van der Waals surface area contributed by atoms with E-state index < -0.39 is 0 Å². The largest absolute Gasteiger partial charge is 0.320 e. The lowest BCUT2D eigenvalue weighted by Gasteiger charge is -2.23. The number of amides is 1. The van der Waals surface area contributed by atoms with E-state index in [4.69, 9.17) is 0 Å². The molecule has 160 valence electrons. The van der Waals surface area contributed by atoms with Crippen LogP contribution in [0.5, 0.6) is 0 Å². The topological polar surface area (TPSA) is 113 Å². The fraction of sp³-hybridized carbons (Fsp3) is 0.450. The van der Waals surface area contributed by atoms with Crippen LogP contribution in [0.15, 0.2) is 24.3 Å². The van der Waals surface area contributed by atoms with Gasteiger partial charge in [-0.25, -0.2) is 9.67 Å². The number of aromatic amines is 1. The minimum atomic E-state index is -0.283. The third-order valence-corrected chi connectivity index (χ3v) is 5.26. The summed E-state index contributed by atoms with van der Waals surface area (Å²) in [5.74, 6) is 1.32. The van der Waals surface area contributed by atoms with Gasteiger partial charge in [0.25, 0.3) is 5.91 Å². The molecular weight excluding hydrogens is 404 g/mol. The second-order valence-electron chi connectivity index (χ2n) is 7.65. The van der Waals surface area contributed by atoms with Crippen LogP contribution in [-0.4, -0.2) is 49.2 Å². The highest BCUT2D eigenvalue weighted by molar-refractivity contribution is 6.05. The highest BCUT2D eigenvalue weighted by Gasteiger charge is 2.23. The quantitative estimate of drug-likeness (QED) is 0.573. The predicted molar refractivity (Wildman–Crippen MR) is 117 cm³/mol. The highest BCUT2D eigenvalue weighted by Crippen LogP contribution is 2.27. The summed E-state index contributed by atoms with van der Waals surface area (Å²) in [6.07, 6.45) is 1.97. The first-order chi connectivity index (χ1) is 14.0. The Bertz CT molecular complexity index is 1010. The van der Waals surface area contributed by atoms with Gasteiger partial charge in [-0.15, -0.1) is 17.5 Å². The minimum absolute atomic E-state index is 0. The number of nitrogens with one attached hydrogen (secondary N) is 3. The lowest BCUT2D eigenvalue weighted by atomic mass is 10.1. The molecule has 1 aliphatic rings. The Morgan fingerprint density at radius 2 is 1.97 bits per heavy atom. The van der Waals surface area contributed by atoms with E-state index in [1.165, 1.54) is 0 Å². The van der Waals surface area contributed by atoms with Crippen LogP contribution in [0.2, 0.25) is 0 Å². The second-order valence-corrected chi connectivity index (χ2v) is 7.65. The van der Waals surface area contributed by atoms with Crippen LogP contribution < -0.4 is 10.6 Å². The standard InChI is InChI=1S/C20H26N8O.ClH/c1-12(2)18-23-19(26-25-18)15-6-4-5-7-16(15)22-20(29)17-13(3)28(27-24-17)14-8-10-21-11-9-14;/h4-7,12,14,21H,8-11H2,1-3H3,(H,22,29)(H,23,25,26);1H. The molecule has 3 heterocycles. The lowest BCUT2D eigenvalue weighted by Crippen LogP contribution is -2.30. The molecule has 1 aliphatic heterocycles. The summed E-state index contributed by atoms with van der Waals surface area (Å²) in [5, 5.41) is 22.0. The molecule has 1 fully saturated rings. The van der Waals surface area contributed by atoms with Gasteiger partial charge in [0.2, 0.25) is 0 Å². The number of rotatable bonds is 5. The van der Waals surface area contributed by atoms with Gasteiger partial charge in [0.1, 0.15) is 5.82 Å². The number of aromatic nitrogens is 6. The number of nitrogens with zero attached hydrogens (tertiary/aromatic N) is 5. The number of carbonyl (C=O) groups is 1. The van der Waals surface area contributed by atoms with Gasteiger partial charge < -0.3 is 10.6 Å². The summed E-state index contributed by atoms with van der Waals surface area (Å²) in [6, 6.07) is 7.77. The number of halogens is 1. The monoisotopic (exact) mass is 430 g/mol. The van der Waals surface area contributed by atoms with Crippen molar-refractivity contribution in [2.45, 2.75) is 45.6 Å². The summed E-state index contributed by atoms with van der Waals surface area (Å²) >= 11 is 0. The summed E-state index contributed by atoms with van der Waals surface area (Å²) in [5.41, 5.74) is 2.53. The van der Waals surface area contributed by atoms with Gasteiger partial charge in [-0.05, 0) is 45.0 Å². The number of benzene rings is 1. The SMILES string of the molecule is Cc1c(C(=O)Nc2ccccc2-c2n[nH]c(C(C)C)n2)nnn1C1CCNCC1.Cl. The number of para-hydroxylation sites is 1. The summed E-state index contributed by atoms with van der Waals surface area (Å²) < 4.78 is 1.88. The van der Waals surface area contributed by atoms with Gasteiger partial charge in [0.15, 0.2) is 11.5 Å². The smallest absolute Gasteiger partial charge is 0.278 e. The fourth-order valence-corrected chi connectivity index (χ4v) is 3.57. The average Bonchev–Trinajstić information content (AvgIpc) is 3.36. The highest BCUT2D eigenvalue weighted by atomic mass is 35.5. The molecule has 10 heteroatoms. The molecule has 9 nitrogen and oxygen atoms in total. The van der Waals surface area contributed by atoms with E-state index in [-0.39, 0.29) is 30.3 Å². The molecule has 1 amide bonds. The van der Waals surface area contributed by atoms with E-state index in [1.54, 1.807) is 0 Å². The second kappa shape index (κ2) is 9.36. The molecule has 0 atom stereocenters. The molecule has 0 radical (unpaired) electrons. The molecule has 1 aromatic carbocycles. The van der Waals surface area contributed by atoms with E-state index in [1.807, 2.05) is 49.7 Å². The van der Waals surface area contributed by atoms with E-state index in [0.29, 0.717) is 17.2 Å². The number of hydrogen-bond donors (Lipinski definition) is 3. The van der Waals surface area contributed by atoms with Crippen LogP contribution in [0.3, 0.4) is 0 Å². The maximum Gasteiger partial charge on any atom is 0.278 e. The van der Waals surface area contributed by atoms with Crippen molar-refractivity contribution in [1.82, 2.24) is 35.5 Å². The number of anilines is 1. The van der Waals surface area contributed by atoms with E-state index >= 15 is 0 Å². The van der Waals surface area contributed by atoms with Crippen LogP contribution in [0, 0.1) is 6.92 Å². The van der Waals surface area contributed by atoms with E-state index in [9.17, 15) is 4.79 Å². The van der Waals surface area contributed by atoms with Crippen molar-refractivity contribution in [2.24, 2.45) is 0 Å². The van der Waals surface area contributed by atoms with E-state index in [2.05, 4.69) is 36.1 Å². The molecule has 30 heavy (non-hydrogen) atoms. The summed E-state index contributed by atoms with van der Waals surface area (Å²) in [7, 11) is 0. The van der Waals surface area contributed by atoms with Crippen LogP contribution in [-0.2, 0) is 0 Å². The first-order valence-corrected chi connectivity index (χ1v) is 10.00. The first-order valence-electron chi connectivity index (χ1n) is 10.00. The Hall–Kier alpha value is -2.78. The molecule has 0 spiro atoms. The molecule has 2 aromatic heterocycles. The Kier molecular flexibility index (Phi) is 6.84. The molecule has 3 aromatic rings. The van der Waals surface area contributed by atoms with Crippen molar-refractivity contribution in [3.8, 4) is 11.4 Å². The first kappa shape index (κ1) is 21.9. The third-order valence-electron chi connectivity index (χ3n) is 5.26. The summed E-state index contributed by atoms with van der Waals surface area (Å²) in [4.78, 5) is 17.5. The van der Waals surface area contributed by atoms with Crippen molar-refractivity contribution >= 4 is 24.0 Å². The van der Waals surface area contributed by atoms with Gasteiger partial charge >= 0.3 is 0 Å². The number of piperidine rings is 1. The normalized spacial score (nSPS) is 14.5. The van der Waals surface area contributed by atoms with Crippen molar-refractivity contribution in [3.63, 3.8) is 0 Å². The fourth-order valence-electron chi connectivity index (χ4n) is 3.57. The Balaban J connectivity index is 0.00000256. The Morgan fingerprint density at radius 3 is 2.67 bits per heavy atom. The minimum Gasteiger partial charge on any atom is -0.320 e. The van der Waals surface area contributed by atoms with Gasteiger partial charge in [0.05, 0.1) is 17.4 Å². The van der Waals surface area contributed by atoms with Gasteiger partial charge in [-0.2, -0.15) is 5.10 Å². The van der Waals surface area contributed by atoms with Crippen LogP contribution in [0.25, 0.3) is 11.4 Å². The van der Waals surface area contributed by atoms with Gasteiger partial charge in [-0.1, -0.05) is 31.2 Å². The molecular formula is C20H27ClN8O. The van der Waals surface area contributed by atoms with Crippen molar-refractivity contribution in [1.29, 1.82) is 0 Å².